The maximum Gasteiger partial charge on any atom is 0.280 e. The number of carbonyl (C=O) groups excluding carboxylic acids is 1. The molecule has 2 saturated heterocycles. The number of thiazole rings is 1. The molecule has 1 aromatic heterocycles. The largest absolute Gasteiger partial charge is 0.389 e. The molecule has 3 heterocycles. The van der Waals surface area contributed by atoms with Crippen molar-refractivity contribution in [2.75, 3.05) is 31.7 Å². The van der Waals surface area contributed by atoms with E-state index in [9.17, 15) is 9.18 Å². The van der Waals surface area contributed by atoms with E-state index in [2.05, 4.69) is 15.5 Å². The van der Waals surface area contributed by atoms with Gasteiger partial charge in [-0.15, -0.1) is 11.8 Å². The molecule has 0 bridgehead atoms. The van der Waals surface area contributed by atoms with Crippen molar-refractivity contribution >= 4 is 39.8 Å². The van der Waals surface area contributed by atoms with Crippen LogP contribution in [0.3, 0.4) is 0 Å². The summed E-state index contributed by atoms with van der Waals surface area (Å²) in [5.41, 5.74) is 0.707. The summed E-state index contributed by atoms with van der Waals surface area (Å²) in [6, 6.07) is 7.55. The Kier molecular flexibility index (Phi) is 6.75. The molecule has 4 rings (SSSR count). The number of hydrogen-bond acceptors (Lipinski definition) is 8. The molecule has 0 spiro atoms. The zero-order valence-corrected chi connectivity index (χ0v) is 17.1. The minimum absolute atomic E-state index is 0.105. The van der Waals surface area contributed by atoms with Crippen molar-refractivity contribution in [2.24, 2.45) is 5.16 Å². The Morgan fingerprint density at radius 2 is 2.03 bits per heavy atom. The number of anilines is 1. The van der Waals surface area contributed by atoms with Crippen molar-refractivity contribution in [1.29, 1.82) is 0 Å². The summed E-state index contributed by atoms with van der Waals surface area (Å²) in [5, 5.41) is 6.80. The van der Waals surface area contributed by atoms with Crippen molar-refractivity contribution < 1.29 is 23.5 Å². The molecule has 0 unspecified atom stereocenters. The zero-order valence-electron chi connectivity index (χ0n) is 15.5. The summed E-state index contributed by atoms with van der Waals surface area (Å²) in [6.07, 6.45) is 2.62. The van der Waals surface area contributed by atoms with Gasteiger partial charge in [0.05, 0.1) is 26.0 Å². The van der Waals surface area contributed by atoms with E-state index in [0.29, 0.717) is 24.0 Å². The van der Waals surface area contributed by atoms with Crippen LogP contribution in [0.2, 0.25) is 0 Å². The lowest BCUT2D eigenvalue weighted by molar-refractivity contribution is -0.110. The molecule has 0 radical (unpaired) electrons. The van der Waals surface area contributed by atoms with Gasteiger partial charge in [0.25, 0.3) is 5.91 Å². The van der Waals surface area contributed by atoms with Gasteiger partial charge in [0, 0.05) is 28.7 Å². The maximum absolute atomic E-state index is 13.2. The number of benzene rings is 1. The van der Waals surface area contributed by atoms with E-state index in [4.69, 9.17) is 14.3 Å². The predicted octanol–water partition coefficient (Wildman–Crippen LogP) is 3.31. The van der Waals surface area contributed by atoms with Crippen molar-refractivity contribution in [2.45, 2.75) is 29.1 Å². The van der Waals surface area contributed by atoms with Gasteiger partial charge < -0.3 is 14.3 Å². The Morgan fingerprint density at radius 3 is 2.69 bits per heavy atom. The van der Waals surface area contributed by atoms with Gasteiger partial charge in [0.15, 0.2) is 22.1 Å². The molecule has 2 aliphatic heterocycles. The second kappa shape index (κ2) is 9.66. The number of aromatic nitrogens is 1. The monoisotopic (exact) mass is 437 g/mol. The lowest BCUT2D eigenvalue weighted by atomic mass is 10.1. The first-order valence-electron chi connectivity index (χ1n) is 9.26. The van der Waals surface area contributed by atoms with Crippen LogP contribution in [0, 0.1) is 5.13 Å². The minimum Gasteiger partial charge on any atom is -0.389 e. The molecular weight excluding hydrogens is 417 g/mol. The lowest BCUT2D eigenvalue weighted by Crippen LogP contribution is -2.25. The number of ether oxygens (including phenoxy) is 2. The number of nitrogens with zero attached hydrogens (tertiary/aromatic N) is 2. The number of amides is 1. The number of carbonyl (C=O) groups is 1. The summed E-state index contributed by atoms with van der Waals surface area (Å²) in [5.74, 6) is -0.511. The van der Waals surface area contributed by atoms with Gasteiger partial charge in [-0.05, 0) is 18.6 Å². The Hall–Kier alpha value is -2.01. The normalized spacial score (nSPS) is 22.0. The number of rotatable bonds is 7. The predicted molar refractivity (Wildman–Crippen MR) is 109 cm³/mol. The molecule has 2 fully saturated rings. The summed E-state index contributed by atoms with van der Waals surface area (Å²) in [6.45, 7) is 2.60. The second-order valence-corrected chi connectivity index (χ2v) is 8.94. The average molecular weight is 438 g/mol. The fraction of sp³-hybridized carbons (Fsp3) is 0.421. The van der Waals surface area contributed by atoms with Gasteiger partial charge >= 0.3 is 0 Å². The van der Waals surface area contributed by atoms with Crippen LogP contribution in [-0.2, 0) is 19.1 Å². The van der Waals surface area contributed by atoms with E-state index >= 15 is 0 Å². The highest BCUT2D eigenvalue weighted by atomic mass is 32.2. The molecule has 2 aromatic rings. The molecule has 2 aliphatic rings. The summed E-state index contributed by atoms with van der Waals surface area (Å²) in [7, 11) is 0. The molecule has 10 heteroatoms. The molecule has 154 valence electrons. The van der Waals surface area contributed by atoms with Gasteiger partial charge in [-0.2, -0.15) is 4.39 Å². The highest BCUT2D eigenvalue weighted by Crippen LogP contribution is 2.29. The number of thioether (sulfide) groups is 1. The highest BCUT2D eigenvalue weighted by Gasteiger charge is 2.22. The van der Waals surface area contributed by atoms with Crippen LogP contribution in [-0.4, -0.2) is 54.4 Å². The summed E-state index contributed by atoms with van der Waals surface area (Å²) in [4.78, 5) is 23.2. The van der Waals surface area contributed by atoms with E-state index in [-0.39, 0.29) is 16.9 Å². The highest BCUT2D eigenvalue weighted by molar-refractivity contribution is 8.00. The Morgan fingerprint density at radius 1 is 1.24 bits per heavy atom. The van der Waals surface area contributed by atoms with Crippen LogP contribution in [0.25, 0.3) is 0 Å². The molecule has 1 aromatic carbocycles. The first kappa shape index (κ1) is 20.3. The first-order valence-corrected chi connectivity index (χ1v) is 11.0. The topological polar surface area (TPSA) is 82.0 Å². The lowest BCUT2D eigenvalue weighted by Gasteiger charge is -2.11. The second-order valence-electron chi connectivity index (χ2n) is 6.58. The standard InChI is InChI=1S/C19H20FN3O4S2/c20-16-9-21-19(29-16)22-18(24)17(23-27-13-5-7-25-10-13)12-1-3-14(4-2-12)28-15-6-8-26-11-15/h1-4,9,13,15H,5-8,10-11H2,(H,21,22,24)/t13-,15+/m1/s1. The van der Waals surface area contributed by atoms with Gasteiger partial charge in [0.2, 0.25) is 0 Å². The molecule has 2 atom stereocenters. The van der Waals surface area contributed by atoms with Gasteiger partial charge in [-0.25, -0.2) is 4.98 Å². The Labute approximate surface area is 175 Å². The van der Waals surface area contributed by atoms with Crippen molar-refractivity contribution in [1.82, 2.24) is 4.98 Å². The van der Waals surface area contributed by atoms with E-state index in [1.165, 1.54) is 0 Å². The molecule has 1 N–H and O–H groups in total. The van der Waals surface area contributed by atoms with Gasteiger partial charge in [-0.1, -0.05) is 28.6 Å². The van der Waals surface area contributed by atoms with Gasteiger partial charge in [-0.3, -0.25) is 10.1 Å². The minimum atomic E-state index is -0.511. The molecule has 0 saturated carbocycles. The number of oxime groups is 1. The number of hydrogen-bond donors (Lipinski definition) is 1. The fourth-order valence-electron chi connectivity index (χ4n) is 2.91. The van der Waals surface area contributed by atoms with Crippen molar-refractivity contribution in [3.8, 4) is 0 Å². The third-order valence-electron chi connectivity index (χ3n) is 4.41. The molecule has 29 heavy (non-hydrogen) atoms. The third kappa shape index (κ3) is 5.53. The van der Waals surface area contributed by atoms with E-state index in [1.807, 2.05) is 24.3 Å². The van der Waals surface area contributed by atoms with E-state index in [0.717, 1.165) is 48.5 Å². The van der Waals surface area contributed by atoms with Crippen LogP contribution in [0.1, 0.15) is 18.4 Å². The molecule has 0 aliphatic carbocycles. The smallest absolute Gasteiger partial charge is 0.280 e. The van der Waals surface area contributed by atoms with Crippen LogP contribution < -0.4 is 5.32 Å². The number of halogens is 1. The zero-order chi connectivity index (χ0) is 20.1. The SMILES string of the molecule is O=C(Nc1ncc(F)s1)C(=NO[C@@H]1CCOC1)c1ccc(S[C@H]2CCOC2)cc1. The van der Waals surface area contributed by atoms with Gasteiger partial charge in [0.1, 0.15) is 0 Å². The first-order chi connectivity index (χ1) is 14.2. The quantitative estimate of drug-likeness (QED) is 0.529. The Balaban J connectivity index is 1.50. The van der Waals surface area contributed by atoms with Crippen molar-refractivity contribution in [3.05, 3.63) is 41.2 Å². The maximum atomic E-state index is 13.2. The van der Waals surface area contributed by atoms with E-state index in [1.54, 1.807) is 11.8 Å². The number of nitrogens with one attached hydrogen (secondary N) is 1. The summed E-state index contributed by atoms with van der Waals surface area (Å²) < 4.78 is 23.9. The van der Waals surface area contributed by atoms with Crippen LogP contribution in [0.15, 0.2) is 40.5 Å². The fourth-order valence-corrected chi connectivity index (χ4v) is 4.50. The third-order valence-corrected chi connectivity index (χ3v) is 6.36. The average Bonchev–Trinajstić information content (AvgIpc) is 3.47. The summed E-state index contributed by atoms with van der Waals surface area (Å²) >= 11 is 2.51. The molecule has 1 amide bonds. The van der Waals surface area contributed by atoms with Crippen LogP contribution in [0.4, 0.5) is 9.52 Å². The van der Waals surface area contributed by atoms with Crippen molar-refractivity contribution in [3.63, 3.8) is 0 Å². The van der Waals surface area contributed by atoms with E-state index < -0.39 is 11.0 Å². The van der Waals surface area contributed by atoms with Crippen LogP contribution in [0.5, 0.6) is 0 Å². The van der Waals surface area contributed by atoms with Crippen LogP contribution >= 0.6 is 23.1 Å². The molecule has 7 nitrogen and oxygen atoms in total. The Bertz CT molecular complexity index is 863. The molecular formula is C19H20FN3O4S2.